The predicted octanol–water partition coefficient (Wildman–Crippen LogP) is 4.57. The third-order valence-corrected chi connectivity index (χ3v) is 3.81. The summed E-state index contributed by atoms with van der Waals surface area (Å²) >= 11 is 9.65. The van der Waals surface area contributed by atoms with Gasteiger partial charge in [-0.25, -0.2) is 0 Å². The molecule has 0 aliphatic rings. The van der Waals surface area contributed by atoms with Crippen molar-refractivity contribution in [2.75, 3.05) is 0 Å². The SMILES string of the molecule is CC(N)C(Oc1ccccc1Cl)c1ccccc1Br. The Labute approximate surface area is 126 Å². The zero-order valence-corrected chi connectivity index (χ0v) is 12.9. The van der Waals surface area contributed by atoms with Gasteiger partial charge < -0.3 is 10.5 Å². The smallest absolute Gasteiger partial charge is 0.140 e. The summed E-state index contributed by atoms with van der Waals surface area (Å²) in [4.78, 5) is 0. The third-order valence-electron chi connectivity index (χ3n) is 2.78. The average molecular weight is 341 g/mol. The summed E-state index contributed by atoms with van der Waals surface area (Å²) in [7, 11) is 0. The van der Waals surface area contributed by atoms with Crippen LogP contribution in [-0.4, -0.2) is 6.04 Å². The highest BCUT2D eigenvalue weighted by atomic mass is 79.9. The first-order chi connectivity index (χ1) is 9.09. The number of ether oxygens (including phenoxy) is 1. The van der Waals surface area contributed by atoms with Crippen LogP contribution in [0.1, 0.15) is 18.6 Å². The second-order valence-electron chi connectivity index (χ2n) is 4.35. The van der Waals surface area contributed by atoms with E-state index in [0.717, 1.165) is 10.0 Å². The summed E-state index contributed by atoms with van der Waals surface area (Å²) in [5.74, 6) is 0.641. The van der Waals surface area contributed by atoms with Crippen LogP contribution in [0.5, 0.6) is 5.75 Å². The molecule has 2 N–H and O–H groups in total. The molecule has 2 aromatic carbocycles. The molecule has 2 atom stereocenters. The lowest BCUT2D eigenvalue weighted by Gasteiger charge is -2.24. The minimum absolute atomic E-state index is 0.157. The van der Waals surface area contributed by atoms with Crippen molar-refractivity contribution in [1.82, 2.24) is 0 Å². The maximum absolute atomic E-state index is 6.12. The molecule has 0 saturated carbocycles. The van der Waals surface area contributed by atoms with Gasteiger partial charge in [-0.05, 0) is 25.1 Å². The van der Waals surface area contributed by atoms with Crippen LogP contribution in [0.15, 0.2) is 53.0 Å². The summed E-state index contributed by atoms with van der Waals surface area (Å²) in [5.41, 5.74) is 7.06. The molecule has 2 nitrogen and oxygen atoms in total. The van der Waals surface area contributed by atoms with Gasteiger partial charge in [0.1, 0.15) is 11.9 Å². The molecule has 0 heterocycles. The molecule has 0 radical (unpaired) electrons. The van der Waals surface area contributed by atoms with Gasteiger partial charge in [0.2, 0.25) is 0 Å². The number of halogens is 2. The van der Waals surface area contributed by atoms with Gasteiger partial charge >= 0.3 is 0 Å². The number of hydrogen-bond donors (Lipinski definition) is 1. The van der Waals surface area contributed by atoms with Crippen LogP contribution in [0.25, 0.3) is 0 Å². The standard InChI is InChI=1S/C15H15BrClNO/c1-10(18)15(11-6-2-3-7-12(11)16)19-14-9-5-4-8-13(14)17/h2-10,15H,18H2,1H3. The van der Waals surface area contributed by atoms with Crippen LogP contribution in [0.2, 0.25) is 5.02 Å². The Morgan fingerprint density at radius 1 is 1.11 bits per heavy atom. The quantitative estimate of drug-likeness (QED) is 0.885. The van der Waals surface area contributed by atoms with Crippen molar-refractivity contribution in [2.45, 2.75) is 19.1 Å². The zero-order chi connectivity index (χ0) is 13.8. The Morgan fingerprint density at radius 2 is 1.74 bits per heavy atom. The van der Waals surface area contributed by atoms with Gasteiger partial charge in [-0.1, -0.05) is 57.9 Å². The Bertz CT molecular complexity index is 559. The highest BCUT2D eigenvalue weighted by molar-refractivity contribution is 9.10. The van der Waals surface area contributed by atoms with E-state index in [0.29, 0.717) is 10.8 Å². The minimum atomic E-state index is -0.254. The first-order valence-corrected chi connectivity index (χ1v) is 7.18. The van der Waals surface area contributed by atoms with Gasteiger partial charge in [0.05, 0.1) is 5.02 Å². The molecule has 0 bridgehead atoms. The van der Waals surface area contributed by atoms with E-state index in [2.05, 4.69) is 15.9 Å². The molecule has 4 heteroatoms. The molecule has 0 aromatic heterocycles. The molecule has 2 rings (SSSR count). The molecule has 0 saturated heterocycles. The Hall–Kier alpha value is -1.03. The van der Waals surface area contributed by atoms with Crippen molar-refractivity contribution in [3.05, 3.63) is 63.6 Å². The maximum atomic E-state index is 6.12. The lowest BCUT2D eigenvalue weighted by atomic mass is 10.0. The van der Waals surface area contributed by atoms with E-state index >= 15 is 0 Å². The largest absolute Gasteiger partial charge is 0.483 e. The molecule has 2 aromatic rings. The Kier molecular flexibility index (Phi) is 4.86. The number of para-hydroxylation sites is 1. The van der Waals surface area contributed by atoms with Crippen LogP contribution >= 0.6 is 27.5 Å². The topological polar surface area (TPSA) is 35.2 Å². The van der Waals surface area contributed by atoms with Gasteiger partial charge in [0.25, 0.3) is 0 Å². The van der Waals surface area contributed by atoms with E-state index in [4.69, 9.17) is 22.1 Å². The average Bonchev–Trinajstić information content (AvgIpc) is 2.38. The van der Waals surface area contributed by atoms with Crippen molar-refractivity contribution >= 4 is 27.5 Å². The lowest BCUT2D eigenvalue weighted by Crippen LogP contribution is -2.29. The van der Waals surface area contributed by atoms with Crippen molar-refractivity contribution in [3.8, 4) is 5.75 Å². The van der Waals surface area contributed by atoms with Gasteiger partial charge in [-0.3, -0.25) is 0 Å². The Balaban J connectivity index is 2.33. The predicted molar refractivity (Wildman–Crippen MR) is 82.6 cm³/mol. The fourth-order valence-electron chi connectivity index (χ4n) is 1.84. The summed E-state index contributed by atoms with van der Waals surface area (Å²) < 4.78 is 6.96. The second kappa shape index (κ2) is 6.42. The Morgan fingerprint density at radius 3 is 2.37 bits per heavy atom. The summed E-state index contributed by atoms with van der Waals surface area (Å²) in [5, 5.41) is 0.584. The van der Waals surface area contributed by atoms with Crippen LogP contribution in [0.4, 0.5) is 0 Å². The molecule has 0 aliphatic heterocycles. The number of benzene rings is 2. The van der Waals surface area contributed by atoms with Crippen LogP contribution in [-0.2, 0) is 0 Å². The van der Waals surface area contributed by atoms with E-state index in [1.54, 1.807) is 6.07 Å². The second-order valence-corrected chi connectivity index (χ2v) is 5.61. The van der Waals surface area contributed by atoms with Crippen molar-refractivity contribution in [3.63, 3.8) is 0 Å². The molecule has 0 aliphatic carbocycles. The normalized spacial score (nSPS) is 13.9. The van der Waals surface area contributed by atoms with Crippen molar-refractivity contribution in [2.24, 2.45) is 5.73 Å². The number of hydrogen-bond acceptors (Lipinski definition) is 2. The number of nitrogens with two attached hydrogens (primary N) is 1. The van der Waals surface area contributed by atoms with Crippen LogP contribution in [0, 0.1) is 0 Å². The summed E-state index contributed by atoms with van der Waals surface area (Å²) in [6.45, 7) is 1.92. The molecule has 0 amide bonds. The first kappa shape index (κ1) is 14.4. The monoisotopic (exact) mass is 339 g/mol. The summed E-state index contributed by atoms with van der Waals surface area (Å²) in [6.07, 6.45) is -0.254. The van der Waals surface area contributed by atoms with Gasteiger partial charge in [-0.15, -0.1) is 0 Å². The first-order valence-electron chi connectivity index (χ1n) is 6.01. The summed E-state index contributed by atoms with van der Waals surface area (Å²) in [6, 6.07) is 15.1. The molecular formula is C15H15BrClNO. The van der Waals surface area contributed by atoms with Gasteiger partial charge in [0.15, 0.2) is 0 Å². The van der Waals surface area contributed by atoms with E-state index < -0.39 is 0 Å². The van der Waals surface area contributed by atoms with E-state index in [-0.39, 0.29) is 12.1 Å². The van der Waals surface area contributed by atoms with Crippen LogP contribution < -0.4 is 10.5 Å². The fraction of sp³-hybridized carbons (Fsp3) is 0.200. The van der Waals surface area contributed by atoms with Crippen molar-refractivity contribution < 1.29 is 4.74 Å². The van der Waals surface area contributed by atoms with Crippen LogP contribution in [0.3, 0.4) is 0 Å². The molecular weight excluding hydrogens is 326 g/mol. The minimum Gasteiger partial charge on any atom is -0.483 e. The molecule has 0 spiro atoms. The molecule has 2 unspecified atom stereocenters. The van der Waals surface area contributed by atoms with E-state index in [1.807, 2.05) is 49.4 Å². The zero-order valence-electron chi connectivity index (χ0n) is 10.5. The highest BCUT2D eigenvalue weighted by Crippen LogP contribution is 2.32. The fourth-order valence-corrected chi connectivity index (χ4v) is 2.53. The van der Waals surface area contributed by atoms with Crippen molar-refractivity contribution in [1.29, 1.82) is 0 Å². The lowest BCUT2D eigenvalue weighted by molar-refractivity contribution is 0.180. The van der Waals surface area contributed by atoms with Gasteiger partial charge in [-0.2, -0.15) is 0 Å². The van der Waals surface area contributed by atoms with E-state index in [1.165, 1.54) is 0 Å². The molecule has 100 valence electrons. The van der Waals surface area contributed by atoms with Gasteiger partial charge in [0, 0.05) is 16.1 Å². The third kappa shape index (κ3) is 3.50. The maximum Gasteiger partial charge on any atom is 0.140 e. The molecule has 0 fully saturated rings. The molecule has 19 heavy (non-hydrogen) atoms. The number of rotatable bonds is 4. The van der Waals surface area contributed by atoms with E-state index in [9.17, 15) is 0 Å². The highest BCUT2D eigenvalue weighted by Gasteiger charge is 2.21.